The summed E-state index contributed by atoms with van der Waals surface area (Å²) in [5, 5.41) is 13.8. The first-order valence-corrected chi connectivity index (χ1v) is 8.21. The number of aliphatic hydroxyl groups is 1. The fourth-order valence-electron chi connectivity index (χ4n) is 3.08. The summed E-state index contributed by atoms with van der Waals surface area (Å²) in [6.07, 6.45) is 1.31. The number of hydrogen-bond donors (Lipinski definition) is 2. The number of piperidine rings is 1. The van der Waals surface area contributed by atoms with Gasteiger partial charge in [-0.15, -0.1) is 0 Å². The Hall–Kier alpha value is -1.39. The van der Waals surface area contributed by atoms with Gasteiger partial charge in [0.15, 0.2) is 0 Å². The van der Waals surface area contributed by atoms with Gasteiger partial charge in [0.1, 0.15) is 0 Å². The van der Waals surface area contributed by atoms with Gasteiger partial charge in [0, 0.05) is 13.1 Å². The highest BCUT2D eigenvalue weighted by Gasteiger charge is 2.37. The number of likely N-dealkylation sites (N-methyl/N-ethyl adjacent to an activating group) is 1. The van der Waals surface area contributed by atoms with Crippen molar-refractivity contribution >= 4 is 5.91 Å². The first kappa shape index (κ1) is 17.0. The third-order valence-corrected chi connectivity index (χ3v) is 4.64. The van der Waals surface area contributed by atoms with Crippen LogP contribution < -0.4 is 5.32 Å². The maximum Gasteiger partial charge on any atom is 0.229 e. The zero-order chi connectivity index (χ0) is 16.2. The second-order valence-electron chi connectivity index (χ2n) is 6.61. The minimum atomic E-state index is -0.635. The summed E-state index contributed by atoms with van der Waals surface area (Å²) in [6, 6.07) is 7.84. The van der Waals surface area contributed by atoms with Gasteiger partial charge in [0.25, 0.3) is 0 Å². The van der Waals surface area contributed by atoms with Crippen LogP contribution >= 0.6 is 0 Å². The first-order valence-electron chi connectivity index (χ1n) is 8.21. The lowest BCUT2D eigenvalue weighted by Crippen LogP contribution is -2.51. The van der Waals surface area contributed by atoms with E-state index in [1.807, 2.05) is 45.0 Å². The summed E-state index contributed by atoms with van der Waals surface area (Å²) in [6.45, 7) is 8.71. The highest BCUT2D eigenvalue weighted by molar-refractivity contribution is 5.82. The number of nitrogens with one attached hydrogen (secondary N) is 1. The molecule has 2 rings (SSSR count). The molecule has 2 unspecified atom stereocenters. The predicted octanol–water partition coefficient (Wildman–Crippen LogP) is 2.27. The van der Waals surface area contributed by atoms with Crippen LogP contribution in [0.4, 0.5) is 0 Å². The van der Waals surface area contributed by atoms with Gasteiger partial charge < -0.3 is 15.3 Å². The third kappa shape index (κ3) is 3.87. The molecule has 0 aromatic heterocycles. The fraction of sp³-hybridized carbons (Fsp3) is 0.611. The van der Waals surface area contributed by atoms with Gasteiger partial charge in [-0.3, -0.25) is 4.79 Å². The number of amides is 1. The molecule has 1 aromatic rings. The lowest BCUT2D eigenvalue weighted by atomic mass is 9.81. The molecule has 1 fully saturated rings. The van der Waals surface area contributed by atoms with E-state index in [-0.39, 0.29) is 11.3 Å². The van der Waals surface area contributed by atoms with Gasteiger partial charge in [-0.2, -0.15) is 0 Å². The van der Waals surface area contributed by atoms with Crippen molar-refractivity contribution in [2.24, 2.45) is 5.41 Å². The molecule has 2 atom stereocenters. The quantitative estimate of drug-likeness (QED) is 0.877. The summed E-state index contributed by atoms with van der Waals surface area (Å²) in [5.41, 5.74) is 1.69. The van der Waals surface area contributed by atoms with E-state index in [4.69, 9.17) is 0 Å². The van der Waals surface area contributed by atoms with Gasteiger partial charge in [-0.05, 0) is 45.7 Å². The van der Waals surface area contributed by atoms with Crippen molar-refractivity contribution in [1.29, 1.82) is 0 Å². The molecule has 0 aliphatic carbocycles. The van der Waals surface area contributed by atoms with E-state index in [9.17, 15) is 9.90 Å². The number of aryl methyl sites for hydroxylation is 1. The molecule has 0 radical (unpaired) electrons. The van der Waals surface area contributed by atoms with Crippen LogP contribution in [0.25, 0.3) is 0 Å². The van der Waals surface area contributed by atoms with E-state index < -0.39 is 6.10 Å². The van der Waals surface area contributed by atoms with Crippen LogP contribution in [0.3, 0.4) is 0 Å². The summed E-state index contributed by atoms with van der Waals surface area (Å²) in [5.74, 6) is 0.147. The lowest BCUT2D eigenvalue weighted by molar-refractivity contribution is -0.143. The average molecular weight is 304 g/mol. The van der Waals surface area contributed by atoms with Gasteiger partial charge in [-0.25, -0.2) is 0 Å². The second-order valence-corrected chi connectivity index (χ2v) is 6.61. The number of carbonyl (C=O) groups is 1. The largest absolute Gasteiger partial charge is 0.387 e. The number of rotatable bonds is 5. The maximum atomic E-state index is 12.8. The lowest BCUT2D eigenvalue weighted by Gasteiger charge is -2.37. The zero-order valence-corrected chi connectivity index (χ0v) is 13.9. The zero-order valence-electron chi connectivity index (χ0n) is 13.9. The smallest absolute Gasteiger partial charge is 0.229 e. The second kappa shape index (κ2) is 7.25. The average Bonchev–Trinajstić information content (AvgIpc) is 2.53. The number of hydrogen-bond acceptors (Lipinski definition) is 3. The van der Waals surface area contributed by atoms with Gasteiger partial charge in [0.2, 0.25) is 5.91 Å². The molecule has 1 saturated heterocycles. The molecule has 4 heteroatoms. The van der Waals surface area contributed by atoms with E-state index in [1.54, 1.807) is 4.90 Å². The van der Waals surface area contributed by atoms with E-state index in [1.165, 1.54) is 5.56 Å². The van der Waals surface area contributed by atoms with E-state index in [0.29, 0.717) is 13.1 Å². The molecule has 0 spiro atoms. The first-order chi connectivity index (χ1) is 10.5. The molecular weight excluding hydrogens is 276 g/mol. The highest BCUT2D eigenvalue weighted by atomic mass is 16.3. The molecule has 22 heavy (non-hydrogen) atoms. The van der Waals surface area contributed by atoms with Crippen molar-refractivity contribution in [3.8, 4) is 0 Å². The van der Waals surface area contributed by atoms with E-state index in [0.717, 1.165) is 31.5 Å². The van der Waals surface area contributed by atoms with Crippen molar-refractivity contribution in [2.45, 2.75) is 39.7 Å². The minimum absolute atomic E-state index is 0.147. The van der Waals surface area contributed by atoms with Crippen LogP contribution in [0.2, 0.25) is 0 Å². The standard InChI is InChI=1S/C18H28N2O2/c1-4-20(17(22)18(3)10-5-11-19-13-18)12-16(21)15-8-6-14(2)7-9-15/h6-9,16,19,21H,4-5,10-13H2,1-3H3. The van der Waals surface area contributed by atoms with E-state index in [2.05, 4.69) is 5.32 Å². The Morgan fingerprint density at radius 3 is 2.64 bits per heavy atom. The Balaban J connectivity index is 2.04. The highest BCUT2D eigenvalue weighted by Crippen LogP contribution is 2.29. The summed E-state index contributed by atoms with van der Waals surface area (Å²) in [4.78, 5) is 14.6. The van der Waals surface area contributed by atoms with Crippen molar-refractivity contribution in [2.75, 3.05) is 26.2 Å². The Kier molecular flexibility index (Phi) is 5.59. The summed E-state index contributed by atoms with van der Waals surface area (Å²) >= 11 is 0. The van der Waals surface area contributed by atoms with Crippen molar-refractivity contribution in [3.05, 3.63) is 35.4 Å². The molecule has 1 amide bonds. The SMILES string of the molecule is CCN(CC(O)c1ccc(C)cc1)C(=O)C1(C)CCCNC1. The molecule has 1 aromatic carbocycles. The molecule has 1 aliphatic heterocycles. The van der Waals surface area contributed by atoms with Crippen LogP contribution in [0, 0.1) is 12.3 Å². The monoisotopic (exact) mass is 304 g/mol. The molecule has 0 saturated carbocycles. The van der Waals surface area contributed by atoms with Crippen LogP contribution in [-0.4, -0.2) is 42.1 Å². The number of benzene rings is 1. The van der Waals surface area contributed by atoms with Crippen molar-refractivity contribution < 1.29 is 9.90 Å². The molecule has 2 N–H and O–H groups in total. The van der Waals surface area contributed by atoms with Crippen LogP contribution in [0.1, 0.15) is 43.9 Å². The van der Waals surface area contributed by atoms with Gasteiger partial charge in [0.05, 0.1) is 18.1 Å². The predicted molar refractivity (Wildman–Crippen MR) is 88.6 cm³/mol. The van der Waals surface area contributed by atoms with Crippen LogP contribution in [0.5, 0.6) is 0 Å². The van der Waals surface area contributed by atoms with Crippen molar-refractivity contribution in [1.82, 2.24) is 10.2 Å². The molecule has 1 heterocycles. The minimum Gasteiger partial charge on any atom is -0.387 e. The normalized spacial score (nSPS) is 23.1. The van der Waals surface area contributed by atoms with Crippen LogP contribution in [-0.2, 0) is 4.79 Å². The number of carbonyl (C=O) groups excluding carboxylic acids is 1. The molecule has 1 aliphatic rings. The summed E-state index contributed by atoms with van der Waals surface area (Å²) in [7, 11) is 0. The Bertz CT molecular complexity index is 492. The Labute approximate surface area is 133 Å². The molecular formula is C18H28N2O2. The summed E-state index contributed by atoms with van der Waals surface area (Å²) < 4.78 is 0. The molecule has 122 valence electrons. The van der Waals surface area contributed by atoms with Crippen molar-refractivity contribution in [3.63, 3.8) is 0 Å². The third-order valence-electron chi connectivity index (χ3n) is 4.64. The van der Waals surface area contributed by atoms with Crippen LogP contribution in [0.15, 0.2) is 24.3 Å². The number of aliphatic hydroxyl groups excluding tert-OH is 1. The Morgan fingerprint density at radius 1 is 1.41 bits per heavy atom. The Morgan fingerprint density at radius 2 is 2.09 bits per heavy atom. The fourth-order valence-corrected chi connectivity index (χ4v) is 3.08. The topological polar surface area (TPSA) is 52.6 Å². The molecule has 0 bridgehead atoms. The molecule has 4 nitrogen and oxygen atoms in total. The maximum absolute atomic E-state index is 12.8. The van der Waals surface area contributed by atoms with Gasteiger partial charge >= 0.3 is 0 Å². The van der Waals surface area contributed by atoms with Gasteiger partial charge in [-0.1, -0.05) is 29.8 Å². The number of nitrogens with zero attached hydrogens (tertiary/aromatic N) is 1. The van der Waals surface area contributed by atoms with E-state index >= 15 is 0 Å².